The summed E-state index contributed by atoms with van der Waals surface area (Å²) in [6.45, 7) is 0.599. The summed E-state index contributed by atoms with van der Waals surface area (Å²) in [4.78, 5) is 18.4. The van der Waals surface area contributed by atoms with Gasteiger partial charge < -0.3 is 10.0 Å². The SMILES string of the molecule is CSc1cccc(N(C)Cc2cscn2)c1C(=O)O. The van der Waals surface area contributed by atoms with E-state index in [1.54, 1.807) is 5.51 Å². The van der Waals surface area contributed by atoms with E-state index in [4.69, 9.17) is 0 Å². The molecule has 100 valence electrons. The number of carboxylic acid groups (broad SMARTS) is 1. The summed E-state index contributed by atoms with van der Waals surface area (Å²) in [6, 6.07) is 5.54. The molecule has 1 heterocycles. The van der Waals surface area contributed by atoms with Crippen molar-refractivity contribution in [3.63, 3.8) is 0 Å². The molecule has 19 heavy (non-hydrogen) atoms. The maximum atomic E-state index is 11.5. The summed E-state index contributed by atoms with van der Waals surface area (Å²) in [5.74, 6) is -0.898. The molecule has 6 heteroatoms. The number of anilines is 1. The molecule has 0 amide bonds. The summed E-state index contributed by atoms with van der Waals surface area (Å²) >= 11 is 2.98. The van der Waals surface area contributed by atoms with Gasteiger partial charge in [0.05, 0.1) is 29.0 Å². The molecule has 1 aromatic carbocycles. The van der Waals surface area contributed by atoms with Gasteiger partial charge in [-0.05, 0) is 18.4 Å². The Morgan fingerprint density at radius 2 is 2.32 bits per heavy atom. The number of nitrogens with zero attached hydrogens (tertiary/aromatic N) is 2. The Balaban J connectivity index is 2.35. The Bertz CT molecular complexity index is 570. The summed E-state index contributed by atoms with van der Waals surface area (Å²) in [5, 5.41) is 11.4. The molecule has 0 radical (unpaired) electrons. The molecule has 0 saturated carbocycles. The molecule has 2 rings (SSSR count). The Labute approximate surface area is 120 Å². The highest BCUT2D eigenvalue weighted by atomic mass is 32.2. The monoisotopic (exact) mass is 294 g/mol. The highest BCUT2D eigenvalue weighted by molar-refractivity contribution is 7.98. The first-order chi connectivity index (χ1) is 9.13. The van der Waals surface area contributed by atoms with Gasteiger partial charge in [0.1, 0.15) is 0 Å². The zero-order valence-electron chi connectivity index (χ0n) is 10.7. The number of carboxylic acids is 1. The van der Waals surface area contributed by atoms with E-state index < -0.39 is 5.97 Å². The number of thiazole rings is 1. The van der Waals surface area contributed by atoms with Crippen LogP contribution in [0.5, 0.6) is 0 Å². The molecule has 0 spiro atoms. The number of aromatic nitrogens is 1. The number of benzene rings is 1. The molecule has 1 aromatic heterocycles. The van der Waals surface area contributed by atoms with Gasteiger partial charge in [0.2, 0.25) is 0 Å². The summed E-state index contributed by atoms with van der Waals surface area (Å²) in [6.07, 6.45) is 1.88. The number of hydrogen-bond donors (Lipinski definition) is 1. The van der Waals surface area contributed by atoms with Gasteiger partial charge in [0.15, 0.2) is 0 Å². The number of carbonyl (C=O) groups is 1. The van der Waals surface area contributed by atoms with Crippen LogP contribution in [-0.2, 0) is 6.54 Å². The quantitative estimate of drug-likeness (QED) is 0.858. The number of thioether (sulfide) groups is 1. The third-order valence-corrected chi connectivity index (χ3v) is 4.15. The maximum Gasteiger partial charge on any atom is 0.338 e. The molecule has 0 aliphatic rings. The van der Waals surface area contributed by atoms with Crippen molar-refractivity contribution >= 4 is 34.8 Å². The van der Waals surface area contributed by atoms with Gasteiger partial charge in [-0.3, -0.25) is 0 Å². The molecule has 4 nitrogen and oxygen atoms in total. The topological polar surface area (TPSA) is 53.4 Å². The van der Waals surface area contributed by atoms with Gasteiger partial charge in [-0.25, -0.2) is 9.78 Å². The van der Waals surface area contributed by atoms with Crippen LogP contribution in [0.15, 0.2) is 34.0 Å². The summed E-state index contributed by atoms with van der Waals surface area (Å²) < 4.78 is 0. The number of aromatic carboxylic acids is 1. The van der Waals surface area contributed by atoms with Crippen molar-refractivity contribution in [2.24, 2.45) is 0 Å². The first-order valence-electron chi connectivity index (χ1n) is 5.62. The van der Waals surface area contributed by atoms with E-state index in [1.165, 1.54) is 23.1 Å². The van der Waals surface area contributed by atoms with E-state index in [-0.39, 0.29) is 0 Å². The van der Waals surface area contributed by atoms with E-state index in [1.807, 2.05) is 41.8 Å². The zero-order chi connectivity index (χ0) is 13.8. The first-order valence-corrected chi connectivity index (χ1v) is 7.78. The second-order valence-electron chi connectivity index (χ2n) is 4.00. The zero-order valence-corrected chi connectivity index (χ0v) is 12.3. The van der Waals surface area contributed by atoms with Crippen molar-refractivity contribution in [1.82, 2.24) is 4.98 Å². The predicted octanol–water partition coefficient (Wildman–Crippen LogP) is 3.20. The molecular weight excluding hydrogens is 280 g/mol. The minimum Gasteiger partial charge on any atom is -0.478 e. The lowest BCUT2D eigenvalue weighted by molar-refractivity contribution is 0.0694. The third-order valence-electron chi connectivity index (χ3n) is 2.73. The van der Waals surface area contributed by atoms with Gasteiger partial charge in [-0.2, -0.15) is 0 Å². The lowest BCUT2D eigenvalue weighted by Gasteiger charge is -2.21. The second-order valence-corrected chi connectivity index (χ2v) is 5.56. The Morgan fingerprint density at radius 1 is 1.53 bits per heavy atom. The molecule has 0 fully saturated rings. The second kappa shape index (κ2) is 6.08. The smallest absolute Gasteiger partial charge is 0.338 e. The molecule has 0 bridgehead atoms. The van der Waals surface area contributed by atoms with Crippen LogP contribution in [0, 0.1) is 0 Å². The van der Waals surface area contributed by atoms with Crippen LogP contribution in [0.25, 0.3) is 0 Å². The largest absolute Gasteiger partial charge is 0.478 e. The molecule has 0 atom stereocenters. The molecule has 0 aliphatic carbocycles. The lowest BCUT2D eigenvalue weighted by atomic mass is 10.1. The predicted molar refractivity (Wildman–Crippen MR) is 79.4 cm³/mol. The minimum atomic E-state index is -0.898. The summed E-state index contributed by atoms with van der Waals surface area (Å²) in [7, 11) is 1.88. The van der Waals surface area contributed by atoms with Crippen LogP contribution >= 0.6 is 23.1 Å². The van der Waals surface area contributed by atoms with Gasteiger partial charge in [0, 0.05) is 17.3 Å². The van der Waals surface area contributed by atoms with Gasteiger partial charge in [-0.1, -0.05) is 6.07 Å². The van der Waals surface area contributed by atoms with Crippen LogP contribution in [0.2, 0.25) is 0 Å². The molecule has 0 unspecified atom stereocenters. The highest BCUT2D eigenvalue weighted by Gasteiger charge is 2.18. The van der Waals surface area contributed by atoms with Crippen molar-refractivity contribution < 1.29 is 9.90 Å². The van der Waals surface area contributed by atoms with Crippen LogP contribution in [0.3, 0.4) is 0 Å². The van der Waals surface area contributed by atoms with E-state index in [0.717, 1.165) is 10.6 Å². The average molecular weight is 294 g/mol. The number of hydrogen-bond acceptors (Lipinski definition) is 5. The fourth-order valence-corrected chi connectivity index (χ4v) is 3.03. The fourth-order valence-electron chi connectivity index (χ4n) is 1.87. The molecule has 2 aromatic rings. The van der Waals surface area contributed by atoms with Gasteiger partial charge in [0.25, 0.3) is 0 Å². The van der Waals surface area contributed by atoms with Crippen molar-refractivity contribution in [1.29, 1.82) is 0 Å². The molecule has 1 N–H and O–H groups in total. The van der Waals surface area contributed by atoms with Crippen molar-refractivity contribution in [3.05, 3.63) is 40.3 Å². The highest BCUT2D eigenvalue weighted by Crippen LogP contribution is 2.29. The standard InChI is InChI=1S/C13H14N2O2S2/c1-15(6-9-7-19-8-14-9)10-4-3-5-11(18-2)12(10)13(16)17/h3-5,7-8H,6H2,1-2H3,(H,16,17). The average Bonchev–Trinajstić information content (AvgIpc) is 2.90. The lowest BCUT2D eigenvalue weighted by Crippen LogP contribution is -2.20. The number of rotatable bonds is 5. The maximum absolute atomic E-state index is 11.5. The van der Waals surface area contributed by atoms with Crippen LogP contribution < -0.4 is 4.90 Å². The van der Waals surface area contributed by atoms with E-state index >= 15 is 0 Å². The van der Waals surface area contributed by atoms with E-state index in [9.17, 15) is 9.90 Å². The van der Waals surface area contributed by atoms with Crippen molar-refractivity contribution in [3.8, 4) is 0 Å². The van der Waals surface area contributed by atoms with Crippen LogP contribution in [0.1, 0.15) is 16.1 Å². The third kappa shape index (κ3) is 3.08. The van der Waals surface area contributed by atoms with Gasteiger partial charge in [-0.15, -0.1) is 23.1 Å². The van der Waals surface area contributed by atoms with E-state index in [2.05, 4.69) is 4.98 Å². The molecular formula is C13H14N2O2S2. The summed E-state index contributed by atoms with van der Waals surface area (Å²) in [5.41, 5.74) is 3.79. The van der Waals surface area contributed by atoms with Crippen molar-refractivity contribution in [2.45, 2.75) is 11.4 Å². The first kappa shape index (κ1) is 13.9. The van der Waals surface area contributed by atoms with Crippen LogP contribution in [0.4, 0.5) is 5.69 Å². The molecule has 0 aliphatic heterocycles. The minimum absolute atomic E-state index is 0.354. The van der Waals surface area contributed by atoms with E-state index in [0.29, 0.717) is 17.8 Å². The normalized spacial score (nSPS) is 10.4. The Morgan fingerprint density at radius 3 is 2.89 bits per heavy atom. The Kier molecular flexibility index (Phi) is 4.44. The Hall–Kier alpha value is -1.53. The van der Waals surface area contributed by atoms with Crippen LogP contribution in [-0.4, -0.2) is 29.4 Å². The van der Waals surface area contributed by atoms with Gasteiger partial charge >= 0.3 is 5.97 Å². The van der Waals surface area contributed by atoms with Crippen molar-refractivity contribution in [2.75, 3.05) is 18.2 Å². The fraction of sp³-hybridized carbons (Fsp3) is 0.231. The molecule has 0 saturated heterocycles.